The lowest BCUT2D eigenvalue weighted by atomic mass is 10.1. The number of carboxylic acid groups (broad SMARTS) is 1. The number of fused-ring (bicyclic) bond motifs is 1. The molecule has 0 saturated carbocycles. The average Bonchev–Trinajstić information content (AvgIpc) is 2.52. The van der Waals surface area contributed by atoms with E-state index in [0.29, 0.717) is 5.02 Å². The highest BCUT2D eigenvalue weighted by atomic mass is 35.5. The van der Waals surface area contributed by atoms with Crippen LogP contribution in [0.5, 0.6) is 0 Å². The summed E-state index contributed by atoms with van der Waals surface area (Å²) >= 11 is 6.09. The first-order valence-electron chi connectivity index (χ1n) is 4.77. The predicted octanol–water partition coefficient (Wildman–Crippen LogP) is 3.23. The Bertz CT molecular complexity index is 584. The molecular formula is C12H10ClNO2. The van der Waals surface area contributed by atoms with Gasteiger partial charge in [0.05, 0.1) is 5.02 Å². The molecule has 1 aromatic heterocycles. The quantitative estimate of drug-likeness (QED) is 0.786. The minimum Gasteiger partial charge on any atom is -0.478 e. The van der Waals surface area contributed by atoms with Crippen LogP contribution in [0.15, 0.2) is 24.3 Å². The number of aromatic amines is 1. The molecule has 0 aliphatic rings. The number of carboxylic acids is 1. The number of H-pyrrole nitrogens is 1. The molecule has 0 fully saturated rings. The maximum Gasteiger partial charge on any atom is 0.328 e. The molecule has 0 radical (unpaired) electrons. The second kappa shape index (κ2) is 4.02. The van der Waals surface area contributed by atoms with E-state index in [9.17, 15) is 4.79 Å². The molecule has 0 atom stereocenters. The molecule has 1 heterocycles. The number of halogens is 1. The van der Waals surface area contributed by atoms with Gasteiger partial charge in [0.25, 0.3) is 0 Å². The minimum absolute atomic E-state index is 0.617. The van der Waals surface area contributed by atoms with Crippen molar-refractivity contribution in [3.63, 3.8) is 0 Å². The number of benzene rings is 1. The lowest BCUT2D eigenvalue weighted by molar-refractivity contribution is -0.131. The molecule has 0 unspecified atom stereocenters. The van der Waals surface area contributed by atoms with E-state index in [4.69, 9.17) is 16.7 Å². The monoisotopic (exact) mass is 235 g/mol. The van der Waals surface area contributed by atoms with Gasteiger partial charge in [-0.25, -0.2) is 4.79 Å². The fourth-order valence-electron chi connectivity index (χ4n) is 1.72. The van der Waals surface area contributed by atoms with Gasteiger partial charge in [0, 0.05) is 28.2 Å². The fourth-order valence-corrected chi connectivity index (χ4v) is 2.00. The van der Waals surface area contributed by atoms with Crippen molar-refractivity contribution < 1.29 is 9.90 Å². The van der Waals surface area contributed by atoms with Gasteiger partial charge < -0.3 is 10.1 Å². The van der Waals surface area contributed by atoms with Crippen LogP contribution in [-0.4, -0.2) is 16.1 Å². The third kappa shape index (κ3) is 1.82. The zero-order valence-corrected chi connectivity index (χ0v) is 9.38. The second-order valence-corrected chi connectivity index (χ2v) is 3.90. The molecule has 2 N–H and O–H groups in total. The average molecular weight is 236 g/mol. The maximum atomic E-state index is 10.5. The molecule has 0 bridgehead atoms. The molecule has 0 aliphatic carbocycles. The van der Waals surface area contributed by atoms with Crippen LogP contribution >= 0.6 is 11.6 Å². The number of aryl methyl sites for hydroxylation is 1. The minimum atomic E-state index is -0.971. The van der Waals surface area contributed by atoms with Crippen LogP contribution in [0.4, 0.5) is 0 Å². The fraction of sp³-hybridized carbons (Fsp3) is 0.0833. The molecule has 2 rings (SSSR count). The summed E-state index contributed by atoms with van der Waals surface area (Å²) in [4.78, 5) is 13.7. The maximum absolute atomic E-state index is 10.5. The lowest BCUT2D eigenvalue weighted by Crippen LogP contribution is -1.86. The number of hydrogen-bond acceptors (Lipinski definition) is 1. The van der Waals surface area contributed by atoms with Gasteiger partial charge in [0.2, 0.25) is 0 Å². The highest BCUT2D eigenvalue weighted by molar-refractivity contribution is 6.36. The molecule has 82 valence electrons. The first-order chi connectivity index (χ1) is 7.59. The second-order valence-electron chi connectivity index (χ2n) is 3.50. The number of hydrogen-bond donors (Lipinski definition) is 2. The highest BCUT2D eigenvalue weighted by Crippen LogP contribution is 2.29. The van der Waals surface area contributed by atoms with Gasteiger partial charge >= 0.3 is 5.97 Å². The van der Waals surface area contributed by atoms with Gasteiger partial charge in [0.1, 0.15) is 0 Å². The summed E-state index contributed by atoms with van der Waals surface area (Å²) in [7, 11) is 0. The highest BCUT2D eigenvalue weighted by Gasteiger charge is 2.08. The Morgan fingerprint density at radius 2 is 2.25 bits per heavy atom. The van der Waals surface area contributed by atoms with Crippen LogP contribution in [0.25, 0.3) is 17.0 Å². The topological polar surface area (TPSA) is 53.1 Å². The molecule has 1 aromatic carbocycles. The van der Waals surface area contributed by atoms with Crippen LogP contribution in [0.3, 0.4) is 0 Å². The number of carbonyl (C=O) groups is 1. The molecule has 0 saturated heterocycles. The van der Waals surface area contributed by atoms with E-state index in [-0.39, 0.29) is 0 Å². The van der Waals surface area contributed by atoms with Gasteiger partial charge in [-0.15, -0.1) is 0 Å². The summed E-state index contributed by atoms with van der Waals surface area (Å²) in [5.74, 6) is -0.971. The molecule has 4 heteroatoms. The van der Waals surface area contributed by atoms with E-state index in [1.807, 2.05) is 19.1 Å². The van der Waals surface area contributed by atoms with E-state index in [0.717, 1.165) is 28.2 Å². The normalized spacial score (nSPS) is 11.4. The van der Waals surface area contributed by atoms with E-state index in [1.54, 1.807) is 12.1 Å². The van der Waals surface area contributed by atoms with E-state index >= 15 is 0 Å². The Morgan fingerprint density at radius 3 is 2.94 bits per heavy atom. The van der Waals surface area contributed by atoms with Crippen molar-refractivity contribution in [1.29, 1.82) is 0 Å². The molecule has 0 amide bonds. The first kappa shape index (κ1) is 10.8. The summed E-state index contributed by atoms with van der Waals surface area (Å²) in [6.45, 7) is 1.89. The van der Waals surface area contributed by atoms with Crippen LogP contribution in [-0.2, 0) is 4.79 Å². The van der Waals surface area contributed by atoms with Crippen LogP contribution in [0.1, 0.15) is 11.3 Å². The van der Waals surface area contributed by atoms with Crippen molar-refractivity contribution >= 4 is 34.5 Å². The first-order valence-corrected chi connectivity index (χ1v) is 5.15. The Labute approximate surface area is 97.4 Å². The molecule has 3 nitrogen and oxygen atoms in total. The standard InChI is InChI=1S/C12H10ClNO2/c1-7-8(5-6-11(15)16)12-9(13)3-2-4-10(12)14-7/h2-6,14H,1H3,(H,15,16)/b6-5+. The van der Waals surface area contributed by atoms with Crippen molar-refractivity contribution in [1.82, 2.24) is 4.98 Å². The zero-order chi connectivity index (χ0) is 11.7. The Balaban J connectivity index is 2.68. The SMILES string of the molecule is Cc1[nH]c2cccc(Cl)c2c1/C=C/C(=O)O. The van der Waals surface area contributed by atoms with Crippen LogP contribution in [0.2, 0.25) is 5.02 Å². The number of nitrogens with one attached hydrogen (secondary N) is 1. The largest absolute Gasteiger partial charge is 0.478 e. The van der Waals surface area contributed by atoms with Crippen molar-refractivity contribution in [3.05, 3.63) is 40.6 Å². The van der Waals surface area contributed by atoms with Crippen molar-refractivity contribution in [2.24, 2.45) is 0 Å². The van der Waals surface area contributed by atoms with Crippen molar-refractivity contribution in [3.8, 4) is 0 Å². The van der Waals surface area contributed by atoms with Gasteiger partial charge in [0.15, 0.2) is 0 Å². The Morgan fingerprint density at radius 1 is 1.50 bits per heavy atom. The van der Waals surface area contributed by atoms with Crippen LogP contribution < -0.4 is 0 Å². The van der Waals surface area contributed by atoms with Crippen LogP contribution in [0, 0.1) is 6.92 Å². The van der Waals surface area contributed by atoms with E-state index < -0.39 is 5.97 Å². The molecule has 0 aliphatic heterocycles. The summed E-state index contributed by atoms with van der Waals surface area (Å²) in [6, 6.07) is 5.55. The third-order valence-electron chi connectivity index (χ3n) is 2.40. The number of aromatic nitrogens is 1. The molecular weight excluding hydrogens is 226 g/mol. The van der Waals surface area contributed by atoms with Gasteiger partial charge in [-0.3, -0.25) is 0 Å². The third-order valence-corrected chi connectivity index (χ3v) is 2.72. The van der Waals surface area contributed by atoms with E-state index in [1.165, 1.54) is 0 Å². The number of aliphatic carboxylic acids is 1. The molecule has 16 heavy (non-hydrogen) atoms. The van der Waals surface area contributed by atoms with Crippen molar-refractivity contribution in [2.75, 3.05) is 0 Å². The van der Waals surface area contributed by atoms with Gasteiger partial charge in [-0.1, -0.05) is 17.7 Å². The van der Waals surface area contributed by atoms with Gasteiger partial charge in [-0.05, 0) is 25.1 Å². The Hall–Kier alpha value is -1.74. The van der Waals surface area contributed by atoms with E-state index in [2.05, 4.69) is 4.98 Å². The summed E-state index contributed by atoms with van der Waals surface area (Å²) in [5, 5.41) is 10.1. The smallest absolute Gasteiger partial charge is 0.328 e. The summed E-state index contributed by atoms with van der Waals surface area (Å²) in [5.41, 5.74) is 2.64. The summed E-state index contributed by atoms with van der Waals surface area (Å²) < 4.78 is 0. The number of rotatable bonds is 2. The molecule has 0 spiro atoms. The van der Waals surface area contributed by atoms with Gasteiger partial charge in [-0.2, -0.15) is 0 Å². The predicted molar refractivity (Wildman–Crippen MR) is 64.7 cm³/mol. The van der Waals surface area contributed by atoms with Crippen molar-refractivity contribution in [2.45, 2.75) is 6.92 Å². The summed E-state index contributed by atoms with van der Waals surface area (Å²) in [6.07, 6.45) is 2.67. The molecule has 2 aromatic rings. The zero-order valence-electron chi connectivity index (χ0n) is 8.62. The lowest BCUT2D eigenvalue weighted by Gasteiger charge is -1.95. The Kier molecular flexibility index (Phi) is 2.71.